The fraction of sp³-hybridized carbons (Fsp3) is 0.400. The summed E-state index contributed by atoms with van der Waals surface area (Å²) in [5.41, 5.74) is 3.00. The van der Waals surface area contributed by atoms with Crippen molar-refractivity contribution in [3.63, 3.8) is 0 Å². The maximum Gasteiger partial charge on any atom is 0.00333 e. The molecule has 104 valence electrons. The number of hydrogen-bond donors (Lipinski definition) is 0. The Kier molecular flexibility index (Phi) is 4.20. The van der Waals surface area contributed by atoms with Gasteiger partial charge in [-0.15, -0.1) is 0 Å². The Morgan fingerprint density at radius 2 is 1.75 bits per heavy atom. The molecular weight excluding hydrogens is 240 g/mol. The highest BCUT2D eigenvalue weighted by Gasteiger charge is 2.19. The predicted octanol–water partition coefficient (Wildman–Crippen LogP) is 6.31. The third-order valence-corrected chi connectivity index (χ3v) is 4.50. The summed E-state index contributed by atoms with van der Waals surface area (Å²) >= 11 is 0. The molecule has 0 nitrogen and oxygen atoms in total. The summed E-state index contributed by atoms with van der Waals surface area (Å²) in [5, 5.41) is 2.83. The van der Waals surface area contributed by atoms with E-state index in [1.165, 1.54) is 54.9 Å². The summed E-state index contributed by atoms with van der Waals surface area (Å²) in [6.07, 6.45) is 12.9. The van der Waals surface area contributed by atoms with Gasteiger partial charge in [-0.05, 0) is 28.3 Å². The molecular formula is C20H24. The quantitative estimate of drug-likeness (QED) is 0.536. The van der Waals surface area contributed by atoms with Crippen molar-refractivity contribution in [3.8, 4) is 0 Å². The van der Waals surface area contributed by atoms with E-state index in [1.807, 2.05) is 0 Å². The summed E-state index contributed by atoms with van der Waals surface area (Å²) in [7, 11) is 0. The Labute approximate surface area is 122 Å². The van der Waals surface area contributed by atoms with Gasteiger partial charge in [-0.3, -0.25) is 0 Å². The van der Waals surface area contributed by atoms with Crippen LogP contribution >= 0.6 is 0 Å². The minimum atomic E-state index is 0.637. The first-order chi connectivity index (χ1) is 9.90. The molecule has 1 unspecified atom stereocenters. The topological polar surface area (TPSA) is 0 Å². The van der Waals surface area contributed by atoms with Gasteiger partial charge < -0.3 is 0 Å². The lowest BCUT2D eigenvalue weighted by atomic mass is 9.90. The molecule has 0 radical (unpaired) electrons. The second kappa shape index (κ2) is 6.26. The lowest BCUT2D eigenvalue weighted by Gasteiger charge is -2.14. The molecule has 0 heteroatoms. The van der Waals surface area contributed by atoms with Gasteiger partial charge in [0, 0.05) is 5.92 Å². The first-order valence-electron chi connectivity index (χ1n) is 8.10. The van der Waals surface area contributed by atoms with Gasteiger partial charge in [0.15, 0.2) is 0 Å². The number of allylic oxidation sites excluding steroid dienone is 1. The van der Waals surface area contributed by atoms with Gasteiger partial charge in [-0.25, -0.2) is 0 Å². The zero-order chi connectivity index (χ0) is 13.8. The number of rotatable bonds is 6. The fourth-order valence-electron chi connectivity index (χ4n) is 3.40. The van der Waals surface area contributed by atoms with Crippen molar-refractivity contribution in [1.82, 2.24) is 0 Å². The fourth-order valence-corrected chi connectivity index (χ4v) is 3.40. The molecule has 0 aromatic heterocycles. The summed E-state index contributed by atoms with van der Waals surface area (Å²) in [4.78, 5) is 0. The Bertz CT molecular complexity index is 606. The molecule has 1 atom stereocenters. The van der Waals surface area contributed by atoms with E-state index in [9.17, 15) is 0 Å². The monoisotopic (exact) mass is 264 g/mol. The van der Waals surface area contributed by atoms with E-state index < -0.39 is 0 Å². The van der Waals surface area contributed by atoms with Crippen LogP contribution in [-0.4, -0.2) is 0 Å². The van der Waals surface area contributed by atoms with Crippen molar-refractivity contribution in [2.45, 2.75) is 51.4 Å². The van der Waals surface area contributed by atoms with E-state index >= 15 is 0 Å². The Morgan fingerprint density at radius 3 is 2.65 bits per heavy atom. The van der Waals surface area contributed by atoms with E-state index in [1.54, 1.807) is 5.56 Å². The average molecular weight is 264 g/mol. The lowest BCUT2D eigenvalue weighted by molar-refractivity contribution is 0.589. The Balaban J connectivity index is 1.75. The van der Waals surface area contributed by atoms with Crippen LogP contribution in [0.4, 0.5) is 0 Å². The molecule has 0 spiro atoms. The van der Waals surface area contributed by atoms with Crippen LogP contribution in [0, 0.1) is 0 Å². The molecule has 0 aliphatic heterocycles. The van der Waals surface area contributed by atoms with Crippen molar-refractivity contribution in [2.24, 2.45) is 0 Å². The van der Waals surface area contributed by atoms with Crippen LogP contribution in [-0.2, 0) is 0 Å². The van der Waals surface area contributed by atoms with E-state index in [0.717, 1.165) is 0 Å². The van der Waals surface area contributed by atoms with Gasteiger partial charge in [0.05, 0.1) is 0 Å². The van der Waals surface area contributed by atoms with E-state index in [0.29, 0.717) is 5.92 Å². The lowest BCUT2D eigenvalue weighted by Crippen LogP contribution is -1.95. The van der Waals surface area contributed by atoms with Gasteiger partial charge in [0.2, 0.25) is 0 Å². The number of benzene rings is 2. The maximum absolute atomic E-state index is 2.41. The van der Waals surface area contributed by atoms with Crippen LogP contribution in [0.5, 0.6) is 0 Å². The second-order valence-electron chi connectivity index (χ2n) is 5.96. The maximum atomic E-state index is 2.41. The van der Waals surface area contributed by atoms with Crippen molar-refractivity contribution in [3.05, 3.63) is 53.6 Å². The van der Waals surface area contributed by atoms with Gasteiger partial charge in [-0.2, -0.15) is 0 Å². The van der Waals surface area contributed by atoms with Crippen molar-refractivity contribution in [2.75, 3.05) is 0 Å². The molecule has 3 rings (SSSR count). The molecule has 20 heavy (non-hydrogen) atoms. The number of hydrogen-bond acceptors (Lipinski definition) is 0. The molecule has 2 aromatic rings. The molecule has 1 aliphatic carbocycles. The van der Waals surface area contributed by atoms with Crippen LogP contribution in [0.2, 0.25) is 0 Å². The molecule has 0 heterocycles. The van der Waals surface area contributed by atoms with E-state index in [4.69, 9.17) is 0 Å². The van der Waals surface area contributed by atoms with Crippen LogP contribution < -0.4 is 0 Å². The molecule has 0 bridgehead atoms. The minimum absolute atomic E-state index is 0.637. The van der Waals surface area contributed by atoms with Crippen molar-refractivity contribution >= 4 is 16.8 Å². The normalized spacial score (nSPS) is 16.8. The first kappa shape index (κ1) is 13.4. The van der Waals surface area contributed by atoms with Gasteiger partial charge in [-0.1, -0.05) is 87.6 Å². The van der Waals surface area contributed by atoms with Crippen molar-refractivity contribution in [1.29, 1.82) is 0 Å². The summed E-state index contributed by atoms with van der Waals surface area (Å²) in [5.74, 6) is 0.637. The predicted molar refractivity (Wildman–Crippen MR) is 89.1 cm³/mol. The summed E-state index contributed by atoms with van der Waals surface area (Å²) in [6, 6.07) is 13.3. The first-order valence-corrected chi connectivity index (χ1v) is 8.10. The highest BCUT2D eigenvalue weighted by molar-refractivity contribution is 5.91. The minimum Gasteiger partial charge on any atom is -0.0764 e. The van der Waals surface area contributed by atoms with Crippen LogP contribution in [0.15, 0.2) is 42.5 Å². The van der Waals surface area contributed by atoms with Crippen LogP contribution in [0.1, 0.15) is 62.5 Å². The smallest absolute Gasteiger partial charge is 0.00333 e. The zero-order valence-electron chi connectivity index (χ0n) is 12.4. The van der Waals surface area contributed by atoms with Crippen molar-refractivity contribution < 1.29 is 0 Å². The number of fused-ring (bicyclic) bond motifs is 3. The van der Waals surface area contributed by atoms with E-state index in [2.05, 4.69) is 55.5 Å². The molecule has 0 N–H and O–H groups in total. The largest absolute Gasteiger partial charge is 0.0764 e. The third kappa shape index (κ3) is 2.65. The molecule has 0 fully saturated rings. The zero-order valence-corrected chi connectivity index (χ0v) is 12.4. The third-order valence-electron chi connectivity index (χ3n) is 4.50. The van der Waals surface area contributed by atoms with E-state index in [-0.39, 0.29) is 0 Å². The Morgan fingerprint density at radius 1 is 0.900 bits per heavy atom. The molecule has 1 aliphatic rings. The second-order valence-corrected chi connectivity index (χ2v) is 5.96. The van der Waals surface area contributed by atoms with Crippen LogP contribution in [0.3, 0.4) is 0 Å². The molecule has 0 saturated heterocycles. The molecule has 2 aromatic carbocycles. The van der Waals surface area contributed by atoms with Gasteiger partial charge in [0.1, 0.15) is 0 Å². The SMILES string of the molecule is CCCCCCCC1C=Cc2ccc3ccccc3c21. The highest BCUT2D eigenvalue weighted by atomic mass is 14.2. The summed E-state index contributed by atoms with van der Waals surface area (Å²) in [6.45, 7) is 2.28. The number of unbranched alkanes of at least 4 members (excludes halogenated alkanes) is 4. The molecule has 0 amide bonds. The van der Waals surface area contributed by atoms with Gasteiger partial charge >= 0.3 is 0 Å². The van der Waals surface area contributed by atoms with Gasteiger partial charge in [0.25, 0.3) is 0 Å². The Hall–Kier alpha value is -1.56. The average Bonchev–Trinajstić information content (AvgIpc) is 2.91. The summed E-state index contributed by atoms with van der Waals surface area (Å²) < 4.78 is 0. The highest BCUT2D eigenvalue weighted by Crippen LogP contribution is 2.38. The molecule has 0 saturated carbocycles. The van der Waals surface area contributed by atoms with Crippen LogP contribution in [0.25, 0.3) is 16.8 Å². The standard InChI is InChI=1S/C20H24/c1-2-3-4-5-6-10-17-14-15-18-13-12-16-9-7-8-11-19(16)20(17)18/h7-9,11-15,17H,2-6,10H2,1H3.